The number of aliphatic hydroxyl groups excluding tert-OH is 1. The molecule has 2 aromatic carbocycles. The van der Waals surface area contributed by atoms with Gasteiger partial charge in [0.25, 0.3) is 11.8 Å². The Balaban J connectivity index is 1.46. The SMILES string of the molecule is O=C(N[C@H]1CCC(=O)N2CCC[C@@H](C(=O)NC(CC(O)O)C(=O)COCc3ccccc3Cl)N2C1=O)c1ccccc1. The number of aliphatic hydroxyl groups is 2. The number of hydrogen-bond acceptors (Lipinski definition) is 8. The Kier molecular flexibility index (Phi) is 10.6. The van der Waals surface area contributed by atoms with Crippen molar-refractivity contribution in [1.82, 2.24) is 20.7 Å². The van der Waals surface area contributed by atoms with Crippen LogP contribution in [0, 0.1) is 0 Å². The van der Waals surface area contributed by atoms with Crippen molar-refractivity contribution < 1.29 is 38.9 Å². The molecule has 2 saturated heterocycles. The third-order valence-electron chi connectivity index (χ3n) is 7.12. The summed E-state index contributed by atoms with van der Waals surface area (Å²) in [5.74, 6) is -2.86. The number of ketones is 1. The Bertz CT molecular complexity index is 1310. The summed E-state index contributed by atoms with van der Waals surface area (Å²) >= 11 is 6.11. The molecular weight excluding hydrogens is 568 g/mol. The average molecular weight is 601 g/mol. The van der Waals surface area contributed by atoms with Gasteiger partial charge in [0.15, 0.2) is 12.1 Å². The lowest BCUT2D eigenvalue weighted by molar-refractivity contribution is -0.176. The molecule has 4 rings (SSSR count). The van der Waals surface area contributed by atoms with Crippen molar-refractivity contribution in [1.29, 1.82) is 0 Å². The van der Waals surface area contributed by atoms with E-state index in [4.69, 9.17) is 16.3 Å². The highest BCUT2D eigenvalue weighted by atomic mass is 35.5. The van der Waals surface area contributed by atoms with E-state index in [9.17, 15) is 34.2 Å². The predicted octanol–water partition coefficient (Wildman–Crippen LogP) is 0.938. The van der Waals surface area contributed by atoms with Gasteiger partial charge in [-0.1, -0.05) is 48.0 Å². The Morgan fingerprint density at radius 3 is 2.45 bits per heavy atom. The molecule has 2 aliphatic rings. The normalized spacial score (nSPS) is 19.6. The molecule has 4 N–H and O–H groups in total. The van der Waals surface area contributed by atoms with Gasteiger partial charge in [0.05, 0.1) is 12.6 Å². The van der Waals surface area contributed by atoms with E-state index >= 15 is 0 Å². The third kappa shape index (κ3) is 7.71. The fourth-order valence-corrected chi connectivity index (χ4v) is 5.15. The topological polar surface area (TPSA) is 166 Å². The van der Waals surface area contributed by atoms with Crippen LogP contribution in [0.2, 0.25) is 5.02 Å². The lowest BCUT2D eigenvalue weighted by atomic mass is 10.0. The Hall–Kier alpha value is -3.84. The van der Waals surface area contributed by atoms with Crippen LogP contribution in [0.3, 0.4) is 0 Å². The standard InChI is InChI=1S/C29H33ClN4O8/c30-20-10-5-4-9-19(20)16-42-17-24(35)22(15-26(37)38)32-28(40)23-11-6-14-33-25(36)13-12-21(29(41)34(23)33)31-27(39)18-7-2-1-3-8-18/h1-5,7-10,21-23,26,37-38H,6,11-17H2,(H,31,39)(H,32,40)/t21-,22?,23-/m0/s1. The first-order valence-corrected chi connectivity index (χ1v) is 14.0. The highest BCUT2D eigenvalue weighted by molar-refractivity contribution is 6.31. The smallest absolute Gasteiger partial charge is 0.264 e. The summed E-state index contributed by atoms with van der Waals surface area (Å²) in [6, 6.07) is 11.6. The number of nitrogens with one attached hydrogen (secondary N) is 2. The van der Waals surface area contributed by atoms with Gasteiger partial charge < -0.3 is 25.6 Å². The molecule has 0 radical (unpaired) electrons. The number of benzene rings is 2. The fourth-order valence-electron chi connectivity index (χ4n) is 4.96. The second kappa shape index (κ2) is 14.4. The lowest BCUT2D eigenvalue weighted by Gasteiger charge is -2.43. The zero-order valence-electron chi connectivity index (χ0n) is 22.8. The number of ether oxygens (including phenoxy) is 1. The molecule has 0 bridgehead atoms. The van der Waals surface area contributed by atoms with Crippen LogP contribution in [0.25, 0.3) is 0 Å². The van der Waals surface area contributed by atoms with Crippen LogP contribution in [0.1, 0.15) is 48.0 Å². The molecular formula is C29H33ClN4O8. The quantitative estimate of drug-likeness (QED) is 0.277. The van der Waals surface area contributed by atoms with E-state index in [1.54, 1.807) is 54.6 Å². The number of rotatable bonds is 11. The molecule has 224 valence electrons. The van der Waals surface area contributed by atoms with Crippen molar-refractivity contribution in [3.05, 3.63) is 70.7 Å². The molecule has 2 aromatic rings. The summed E-state index contributed by atoms with van der Waals surface area (Å²) in [5.41, 5.74) is 0.988. The fraction of sp³-hybridized carbons (Fsp3) is 0.414. The van der Waals surface area contributed by atoms with Crippen molar-refractivity contribution in [2.24, 2.45) is 0 Å². The minimum absolute atomic E-state index is 0.0170. The number of hydrogen-bond donors (Lipinski definition) is 4. The van der Waals surface area contributed by atoms with Crippen LogP contribution >= 0.6 is 11.6 Å². The van der Waals surface area contributed by atoms with Crippen LogP contribution in [0.15, 0.2) is 54.6 Å². The van der Waals surface area contributed by atoms with E-state index in [2.05, 4.69) is 10.6 Å². The van der Waals surface area contributed by atoms with E-state index in [0.29, 0.717) is 22.6 Å². The second-order valence-corrected chi connectivity index (χ2v) is 10.5. The molecule has 4 amide bonds. The van der Waals surface area contributed by atoms with Crippen molar-refractivity contribution in [3.8, 4) is 0 Å². The number of amides is 4. The molecule has 0 spiro atoms. The van der Waals surface area contributed by atoms with Crippen LogP contribution in [0.4, 0.5) is 0 Å². The largest absolute Gasteiger partial charge is 0.369 e. The Labute approximate surface area is 247 Å². The number of nitrogens with zero attached hydrogens (tertiary/aromatic N) is 2. The van der Waals surface area contributed by atoms with Gasteiger partial charge in [-0.25, -0.2) is 5.01 Å². The Morgan fingerprint density at radius 1 is 1.02 bits per heavy atom. The molecule has 0 saturated carbocycles. The Morgan fingerprint density at radius 2 is 1.74 bits per heavy atom. The summed E-state index contributed by atoms with van der Waals surface area (Å²) in [7, 11) is 0. The van der Waals surface area contributed by atoms with Gasteiger partial charge in [-0.3, -0.25) is 29.0 Å². The van der Waals surface area contributed by atoms with Gasteiger partial charge in [-0.05, 0) is 43.0 Å². The molecule has 42 heavy (non-hydrogen) atoms. The van der Waals surface area contributed by atoms with Crippen LogP contribution in [-0.4, -0.2) is 87.2 Å². The highest BCUT2D eigenvalue weighted by Crippen LogP contribution is 2.25. The van der Waals surface area contributed by atoms with Gasteiger partial charge in [0, 0.05) is 30.0 Å². The molecule has 2 heterocycles. The molecule has 0 aliphatic carbocycles. The minimum Gasteiger partial charge on any atom is -0.369 e. The first kappa shape index (κ1) is 31.1. The predicted molar refractivity (Wildman–Crippen MR) is 149 cm³/mol. The third-order valence-corrected chi connectivity index (χ3v) is 7.49. The zero-order valence-corrected chi connectivity index (χ0v) is 23.5. The number of carbonyl (C=O) groups excluding carboxylic acids is 5. The average Bonchev–Trinajstić information content (AvgIpc) is 3.10. The minimum atomic E-state index is -1.91. The lowest BCUT2D eigenvalue weighted by Crippen LogP contribution is -2.64. The van der Waals surface area contributed by atoms with Crippen molar-refractivity contribution >= 4 is 41.0 Å². The highest BCUT2D eigenvalue weighted by Gasteiger charge is 2.45. The second-order valence-electron chi connectivity index (χ2n) is 10.1. The first-order valence-electron chi connectivity index (χ1n) is 13.7. The van der Waals surface area contributed by atoms with E-state index in [1.165, 1.54) is 5.01 Å². The van der Waals surface area contributed by atoms with Gasteiger partial charge in [-0.15, -0.1) is 0 Å². The van der Waals surface area contributed by atoms with Gasteiger partial charge >= 0.3 is 0 Å². The van der Waals surface area contributed by atoms with E-state index in [1.807, 2.05) is 0 Å². The van der Waals surface area contributed by atoms with Crippen LogP contribution in [-0.2, 0) is 30.5 Å². The molecule has 2 aliphatic heterocycles. The molecule has 12 nitrogen and oxygen atoms in total. The number of carbonyl (C=O) groups is 5. The summed E-state index contributed by atoms with van der Waals surface area (Å²) in [5, 5.41) is 27.1. The molecule has 3 atom stereocenters. The van der Waals surface area contributed by atoms with Gasteiger partial charge in [0.1, 0.15) is 18.7 Å². The number of fused-ring (bicyclic) bond motifs is 1. The number of Topliss-reactive ketones (excluding diaryl/α,β-unsaturated/α-hetero) is 1. The molecule has 2 fully saturated rings. The maximum absolute atomic E-state index is 13.7. The maximum Gasteiger partial charge on any atom is 0.264 e. The van der Waals surface area contributed by atoms with E-state index in [0.717, 1.165) is 5.01 Å². The van der Waals surface area contributed by atoms with Crippen LogP contribution < -0.4 is 10.6 Å². The molecule has 1 unspecified atom stereocenters. The van der Waals surface area contributed by atoms with Crippen molar-refractivity contribution in [2.45, 2.75) is 63.1 Å². The zero-order chi connectivity index (χ0) is 30.2. The summed E-state index contributed by atoms with van der Waals surface area (Å²) < 4.78 is 5.47. The summed E-state index contributed by atoms with van der Waals surface area (Å²) in [6.45, 7) is -0.221. The van der Waals surface area contributed by atoms with Crippen LogP contribution in [0.5, 0.6) is 0 Å². The van der Waals surface area contributed by atoms with Gasteiger partial charge in [-0.2, -0.15) is 0 Å². The number of hydrazine groups is 1. The van der Waals surface area contributed by atoms with E-state index in [-0.39, 0.29) is 38.3 Å². The van der Waals surface area contributed by atoms with E-state index < -0.39 is 60.9 Å². The van der Waals surface area contributed by atoms with Crippen molar-refractivity contribution in [3.63, 3.8) is 0 Å². The van der Waals surface area contributed by atoms with Crippen molar-refractivity contribution in [2.75, 3.05) is 13.2 Å². The summed E-state index contributed by atoms with van der Waals surface area (Å²) in [4.78, 5) is 65.8. The summed E-state index contributed by atoms with van der Waals surface area (Å²) in [6.07, 6.45) is -1.79. The molecule has 13 heteroatoms. The van der Waals surface area contributed by atoms with Gasteiger partial charge in [0.2, 0.25) is 11.8 Å². The molecule has 0 aromatic heterocycles. The first-order chi connectivity index (χ1) is 20.2. The number of halogens is 1. The monoisotopic (exact) mass is 600 g/mol. The maximum atomic E-state index is 13.7.